The second kappa shape index (κ2) is 8.80. The van der Waals surface area contributed by atoms with Crippen molar-refractivity contribution in [3.63, 3.8) is 0 Å². The Kier molecular flexibility index (Phi) is 6.75. The molecular weight excluding hydrogens is 351 g/mol. The second-order valence-electron chi connectivity index (χ2n) is 5.32. The van der Waals surface area contributed by atoms with Crippen molar-refractivity contribution in [1.29, 1.82) is 0 Å². The number of carbonyl (C=O) groups is 1. The highest BCUT2D eigenvalue weighted by atomic mass is 32.2. The minimum absolute atomic E-state index is 0.0752. The number of alkyl halides is 3. The molecule has 134 valence electrons. The van der Waals surface area contributed by atoms with Crippen LogP contribution < -0.4 is 10.1 Å². The van der Waals surface area contributed by atoms with Gasteiger partial charge in [0.25, 0.3) is 0 Å². The number of methoxy groups -OCH3 is 1. The van der Waals surface area contributed by atoms with Crippen LogP contribution in [-0.2, 0) is 23.3 Å². The molecule has 1 amide bonds. The number of benzene rings is 2. The molecule has 2 aromatic rings. The molecule has 0 aliphatic rings. The van der Waals surface area contributed by atoms with Gasteiger partial charge < -0.3 is 10.1 Å². The SMILES string of the molecule is COc1ccc(CSCC(=O)NCc2cccc(C(F)(F)F)c2)cc1. The first-order valence-electron chi connectivity index (χ1n) is 7.52. The molecule has 0 atom stereocenters. The van der Waals surface area contributed by atoms with E-state index in [9.17, 15) is 18.0 Å². The molecule has 0 fully saturated rings. The molecule has 0 saturated carbocycles. The van der Waals surface area contributed by atoms with Gasteiger partial charge in [-0.15, -0.1) is 11.8 Å². The van der Waals surface area contributed by atoms with E-state index in [-0.39, 0.29) is 18.2 Å². The zero-order valence-corrected chi connectivity index (χ0v) is 14.4. The summed E-state index contributed by atoms with van der Waals surface area (Å²) in [5, 5.41) is 2.64. The molecule has 0 aliphatic carbocycles. The van der Waals surface area contributed by atoms with E-state index < -0.39 is 11.7 Å². The van der Waals surface area contributed by atoms with Gasteiger partial charge >= 0.3 is 6.18 Å². The number of thioether (sulfide) groups is 1. The lowest BCUT2D eigenvalue weighted by Crippen LogP contribution is -2.24. The first kappa shape index (κ1) is 19.2. The van der Waals surface area contributed by atoms with Crippen LogP contribution in [0.1, 0.15) is 16.7 Å². The van der Waals surface area contributed by atoms with Crippen LogP contribution in [-0.4, -0.2) is 18.8 Å². The van der Waals surface area contributed by atoms with Gasteiger partial charge in [-0.2, -0.15) is 13.2 Å². The van der Waals surface area contributed by atoms with Gasteiger partial charge in [-0.1, -0.05) is 24.3 Å². The van der Waals surface area contributed by atoms with E-state index in [0.29, 0.717) is 11.3 Å². The number of hydrogen-bond acceptors (Lipinski definition) is 3. The summed E-state index contributed by atoms with van der Waals surface area (Å²) in [4.78, 5) is 11.8. The third-order valence-corrected chi connectivity index (χ3v) is 4.41. The van der Waals surface area contributed by atoms with Crippen LogP contribution in [0.5, 0.6) is 5.75 Å². The maximum absolute atomic E-state index is 12.6. The molecule has 0 spiro atoms. The van der Waals surface area contributed by atoms with E-state index in [1.165, 1.54) is 17.8 Å². The lowest BCUT2D eigenvalue weighted by molar-refractivity contribution is -0.137. The van der Waals surface area contributed by atoms with Crippen LogP contribution in [0.25, 0.3) is 0 Å². The first-order chi connectivity index (χ1) is 11.9. The normalized spacial score (nSPS) is 11.2. The zero-order valence-electron chi connectivity index (χ0n) is 13.6. The number of amides is 1. The molecule has 0 heterocycles. The summed E-state index contributed by atoms with van der Waals surface area (Å²) < 4.78 is 43.0. The Morgan fingerprint density at radius 3 is 2.48 bits per heavy atom. The lowest BCUT2D eigenvalue weighted by Gasteiger charge is -2.09. The molecule has 7 heteroatoms. The summed E-state index contributed by atoms with van der Waals surface area (Å²) in [5.74, 6) is 1.47. The predicted molar refractivity (Wildman–Crippen MR) is 92.4 cm³/mol. The van der Waals surface area contributed by atoms with Gasteiger partial charge in [-0.25, -0.2) is 0 Å². The number of rotatable bonds is 7. The molecule has 0 unspecified atom stereocenters. The summed E-state index contributed by atoms with van der Waals surface area (Å²) in [6.07, 6.45) is -4.38. The average molecular weight is 369 g/mol. The fourth-order valence-corrected chi connectivity index (χ4v) is 2.91. The molecular formula is C18H18F3NO2S. The Labute approximate surface area is 148 Å². The Balaban J connectivity index is 1.75. The Morgan fingerprint density at radius 2 is 1.84 bits per heavy atom. The van der Waals surface area contributed by atoms with Gasteiger partial charge in [-0.3, -0.25) is 4.79 Å². The van der Waals surface area contributed by atoms with Crippen LogP contribution in [0.15, 0.2) is 48.5 Å². The van der Waals surface area contributed by atoms with E-state index >= 15 is 0 Å². The number of hydrogen-bond donors (Lipinski definition) is 1. The second-order valence-corrected chi connectivity index (χ2v) is 6.30. The van der Waals surface area contributed by atoms with Crippen molar-refractivity contribution in [2.75, 3.05) is 12.9 Å². The van der Waals surface area contributed by atoms with Crippen molar-refractivity contribution >= 4 is 17.7 Å². The standard InChI is InChI=1S/C18H18F3NO2S/c1-24-16-7-5-13(6-8-16)11-25-12-17(23)22-10-14-3-2-4-15(9-14)18(19,20)21/h2-9H,10-12H2,1H3,(H,22,23). The molecule has 0 radical (unpaired) electrons. The fraction of sp³-hybridized carbons (Fsp3) is 0.278. The average Bonchev–Trinajstić information content (AvgIpc) is 2.60. The van der Waals surface area contributed by atoms with Crippen LogP contribution in [0.4, 0.5) is 13.2 Å². The van der Waals surface area contributed by atoms with Crippen molar-refractivity contribution in [2.45, 2.75) is 18.5 Å². The van der Waals surface area contributed by atoms with E-state index in [1.807, 2.05) is 24.3 Å². The van der Waals surface area contributed by atoms with Crippen LogP contribution in [0.2, 0.25) is 0 Å². The fourth-order valence-electron chi connectivity index (χ4n) is 2.09. The van der Waals surface area contributed by atoms with E-state index in [2.05, 4.69) is 5.32 Å². The van der Waals surface area contributed by atoms with Crippen molar-refractivity contribution in [3.05, 3.63) is 65.2 Å². The Morgan fingerprint density at radius 1 is 1.12 bits per heavy atom. The molecule has 2 aromatic carbocycles. The van der Waals surface area contributed by atoms with Gasteiger partial charge in [0, 0.05) is 12.3 Å². The van der Waals surface area contributed by atoms with Crippen LogP contribution in [0, 0.1) is 0 Å². The highest BCUT2D eigenvalue weighted by Crippen LogP contribution is 2.29. The molecule has 0 bridgehead atoms. The molecule has 0 saturated heterocycles. The Hall–Kier alpha value is -2.15. The molecule has 1 N–H and O–H groups in total. The quantitative estimate of drug-likeness (QED) is 0.792. The minimum Gasteiger partial charge on any atom is -0.497 e. The summed E-state index contributed by atoms with van der Waals surface area (Å²) >= 11 is 1.44. The van der Waals surface area contributed by atoms with Crippen LogP contribution in [0.3, 0.4) is 0 Å². The van der Waals surface area contributed by atoms with Crippen molar-refractivity contribution < 1.29 is 22.7 Å². The van der Waals surface area contributed by atoms with Gasteiger partial charge in [-0.05, 0) is 35.4 Å². The summed E-state index contributed by atoms with van der Waals surface area (Å²) in [7, 11) is 1.60. The van der Waals surface area contributed by atoms with Gasteiger partial charge in [0.1, 0.15) is 5.75 Å². The minimum atomic E-state index is -4.38. The molecule has 0 aromatic heterocycles. The Bertz CT molecular complexity index is 702. The third-order valence-electron chi connectivity index (χ3n) is 3.40. The topological polar surface area (TPSA) is 38.3 Å². The molecule has 3 nitrogen and oxygen atoms in total. The number of ether oxygens (including phenoxy) is 1. The molecule has 0 aliphatic heterocycles. The summed E-state index contributed by atoms with van der Waals surface area (Å²) in [5.41, 5.74) is 0.771. The maximum Gasteiger partial charge on any atom is 0.416 e. The predicted octanol–water partition coefficient (Wildman–Crippen LogP) is 4.26. The van der Waals surface area contributed by atoms with E-state index in [1.54, 1.807) is 13.2 Å². The number of carbonyl (C=O) groups excluding carboxylic acids is 1. The van der Waals surface area contributed by atoms with Gasteiger partial charge in [0.05, 0.1) is 18.4 Å². The highest BCUT2D eigenvalue weighted by molar-refractivity contribution is 7.99. The van der Waals surface area contributed by atoms with Gasteiger partial charge in [0.2, 0.25) is 5.91 Å². The number of nitrogens with one attached hydrogen (secondary N) is 1. The van der Waals surface area contributed by atoms with Gasteiger partial charge in [0.15, 0.2) is 0 Å². The van der Waals surface area contributed by atoms with Crippen LogP contribution >= 0.6 is 11.8 Å². The largest absolute Gasteiger partial charge is 0.497 e. The summed E-state index contributed by atoms with van der Waals surface area (Å²) in [6, 6.07) is 12.5. The monoisotopic (exact) mass is 369 g/mol. The summed E-state index contributed by atoms with van der Waals surface area (Å²) in [6.45, 7) is 0.0752. The highest BCUT2D eigenvalue weighted by Gasteiger charge is 2.30. The van der Waals surface area contributed by atoms with E-state index in [4.69, 9.17) is 4.74 Å². The van der Waals surface area contributed by atoms with E-state index in [0.717, 1.165) is 23.4 Å². The smallest absolute Gasteiger partial charge is 0.416 e. The van der Waals surface area contributed by atoms with Crippen molar-refractivity contribution in [2.24, 2.45) is 0 Å². The lowest BCUT2D eigenvalue weighted by atomic mass is 10.1. The first-order valence-corrected chi connectivity index (χ1v) is 8.67. The molecule has 25 heavy (non-hydrogen) atoms. The maximum atomic E-state index is 12.6. The van der Waals surface area contributed by atoms with Crippen molar-refractivity contribution in [3.8, 4) is 5.75 Å². The molecule has 2 rings (SSSR count). The third kappa shape index (κ3) is 6.34. The number of halogens is 3. The van der Waals surface area contributed by atoms with Crippen molar-refractivity contribution in [1.82, 2.24) is 5.32 Å². The zero-order chi connectivity index (χ0) is 18.3.